The number of halogens is 1. The SMILES string of the molecule is Nc1ccc(S(=O)(=O)N(CCO)CCO)c(F)c1. The van der Waals surface area contributed by atoms with Gasteiger partial charge in [0.2, 0.25) is 10.0 Å². The van der Waals surface area contributed by atoms with Gasteiger partial charge in [-0.15, -0.1) is 0 Å². The Kier molecular flexibility index (Phi) is 5.03. The van der Waals surface area contributed by atoms with E-state index in [1.807, 2.05) is 0 Å². The molecule has 0 aliphatic rings. The van der Waals surface area contributed by atoms with Crippen molar-refractivity contribution in [1.82, 2.24) is 4.31 Å². The van der Waals surface area contributed by atoms with Gasteiger partial charge in [0.15, 0.2) is 0 Å². The van der Waals surface area contributed by atoms with Crippen LogP contribution in [0, 0.1) is 5.82 Å². The number of nitrogens with zero attached hydrogens (tertiary/aromatic N) is 1. The summed E-state index contributed by atoms with van der Waals surface area (Å²) in [6, 6.07) is 3.23. The van der Waals surface area contributed by atoms with Crippen molar-refractivity contribution < 1.29 is 23.0 Å². The van der Waals surface area contributed by atoms with E-state index in [0.29, 0.717) is 0 Å². The van der Waals surface area contributed by atoms with E-state index in [9.17, 15) is 12.8 Å². The van der Waals surface area contributed by atoms with E-state index in [-0.39, 0.29) is 18.8 Å². The Morgan fingerprint density at radius 2 is 1.78 bits per heavy atom. The number of hydrogen-bond acceptors (Lipinski definition) is 5. The van der Waals surface area contributed by atoms with Crippen LogP contribution in [0.3, 0.4) is 0 Å². The summed E-state index contributed by atoms with van der Waals surface area (Å²) in [5.74, 6) is -0.962. The highest BCUT2D eigenvalue weighted by Crippen LogP contribution is 2.20. The zero-order valence-corrected chi connectivity index (χ0v) is 10.4. The summed E-state index contributed by atoms with van der Waals surface area (Å²) in [6.45, 7) is -1.27. The van der Waals surface area contributed by atoms with E-state index in [1.165, 1.54) is 6.07 Å². The predicted octanol–water partition coefficient (Wildman–Crippen LogP) is -0.617. The van der Waals surface area contributed by atoms with E-state index < -0.39 is 33.9 Å². The minimum absolute atomic E-state index is 0.113. The van der Waals surface area contributed by atoms with Gasteiger partial charge in [0.25, 0.3) is 0 Å². The van der Waals surface area contributed by atoms with E-state index >= 15 is 0 Å². The van der Waals surface area contributed by atoms with Crippen molar-refractivity contribution in [3.05, 3.63) is 24.0 Å². The molecule has 18 heavy (non-hydrogen) atoms. The van der Waals surface area contributed by atoms with Gasteiger partial charge in [-0.1, -0.05) is 0 Å². The van der Waals surface area contributed by atoms with Crippen LogP contribution in [0.4, 0.5) is 10.1 Å². The molecule has 8 heteroatoms. The highest BCUT2D eigenvalue weighted by atomic mass is 32.2. The van der Waals surface area contributed by atoms with Crippen molar-refractivity contribution in [3.8, 4) is 0 Å². The third-order valence-corrected chi connectivity index (χ3v) is 4.20. The molecule has 0 radical (unpaired) electrons. The lowest BCUT2D eigenvalue weighted by Crippen LogP contribution is -2.36. The van der Waals surface area contributed by atoms with E-state index in [1.54, 1.807) is 0 Å². The van der Waals surface area contributed by atoms with Gasteiger partial charge in [-0.3, -0.25) is 0 Å². The van der Waals surface area contributed by atoms with Gasteiger partial charge >= 0.3 is 0 Å². The number of hydrogen-bond donors (Lipinski definition) is 3. The zero-order chi connectivity index (χ0) is 13.8. The van der Waals surface area contributed by atoms with Gasteiger partial charge in [-0.2, -0.15) is 4.31 Å². The number of aliphatic hydroxyl groups excluding tert-OH is 2. The minimum Gasteiger partial charge on any atom is -0.399 e. The monoisotopic (exact) mass is 278 g/mol. The molecule has 0 atom stereocenters. The molecule has 0 aliphatic carbocycles. The summed E-state index contributed by atoms with van der Waals surface area (Å²) in [5, 5.41) is 17.6. The van der Waals surface area contributed by atoms with Crippen molar-refractivity contribution in [2.75, 3.05) is 32.0 Å². The molecule has 0 spiro atoms. The Morgan fingerprint density at radius 1 is 1.22 bits per heavy atom. The Balaban J connectivity index is 3.17. The van der Waals surface area contributed by atoms with Crippen molar-refractivity contribution in [2.45, 2.75) is 4.90 Å². The largest absolute Gasteiger partial charge is 0.399 e. The molecule has 1 aromatic rings. The van der Waals surface area contributed by atoms with Crippen LogP contribution in [0.15, 0.2) is 23.1 Å². The first-order chi connectivity index (χ1) is 8.43. The summed E-state index contributed by atoms with van der Waals surface area (Å²) in [7, 11) is -4.09. The molecule has 0 aromatic heterocycles. The lowest BCUT2D eigenvalue weighted by atomic mass is 10.3. The maximum absolute atomic E-state index is 13.6. The van der Waals surface area contributed by atoms with Crippen LogP contribution in [0.1, 0.15) is 0 Å². The second-order valence-corrected chi connectivity index (χ2v) is 5.45. The van der Waals surface area contributed by atoms with Crippen LogP contribution < -0.4 is 5.73 Å². The second-order valence-electron chi connectivity index (χ2n) is 3.54. The fraction of sp³-hybridized carbons (Fsp3) is 0.400. The average molecular weight is 278 g/mol. The van der Waals surface area contributed by atoms with Crippen LogP contribution in [0.25, 0.3) is 0 Å². The summed E-state index contributed by atoms with van der Waals surface area (Å²) < 4.78 is 38.5. The Hall–Kier alpha value is -1.22. The van der Waals surface area contributed by atoms with E-state index in [0.717, 1.165) is 16.4 Å². The van der Waals surface area contributed by atoms with Crippen LogP contribution in [-0.4, -0.2) is 49.2 Å². The number of nitrogens with two attached hydrogens (primary N) is 1. The van der Waals surface area contributed by atoms with Gasteiger partial charge in [0.05, 0.1) is 13.2 Å². The standard InChI is InChI=1S/C10H15FN2O4S/c11-9-7-8(12)1-2-10(9)18(16,17)13(3-5-14)4-6-15/h1-2,7,14-15H,3-6,12H2. The lowest BCUT2D eigenvalue weighted by Gasteiger charge is -2.20. The molecular weight excluding hydrogens is 263 g/mol. The molecule has 4 N–H and O–H groups in total. The lowest BCUT2D eigenvalue weighted by molar-refractivity contribution is 0.217. The molecule has 0 fully saturated rings. The molecule has 0 saturated heterocycles. The summed E-state index contributed by atoms with van der Waals surface area (Å²) in [4.78, 5) is -0.529. The fourth-order valence-corrected chi connectivity index (χ4v) is 2.91. The number of benzene rings is 1. The number of nitrogen functional groups attached to an aromatic ring is 1. The third kappa shape index (κ3) is 3.16. The molecule has 6 nitrogen and oxygen atoms in total. The van der Waals surface area contributed by atoms with Crippen LogP contribution in [0.5, 0.6) is 0 Å². The smallest absolute Gasteiger partial charge is 0.246 e. The van der Waals surface area contributed by atoms with Gasteiger partial charge in [0, 0.05) is 18.8 Å². The molecule has 0 heterocycles. The summed E-state index contributed by atoms with van der Waals surface area (Å²) >= 11 is 0. The number of anilines is 1. The molecule has 0 bridgehead atoms. The Bertz CT molecular complexity index is 501. The minimum atomic E-state index is -4.09. The first-order valence-corrected chi connectivity index (χ1v) is 6.64. The Morgan fingerprint density at radius 3 is 2.22 bits per heavy atom. The molecule has 0 amide bonds. The van der Waals surface area contributed by atoms with Gasteiger partial charge in [0.1, 0.15) is 10.7 Å². The molecule has 0 saturated carbocycles. The zero-order valence-electron chi connectivity index (χ0n) is 9.58. The molecule has 0 aliphatic heterocycles. The van der Waals surface area contributed by atoms with Crippen LogP contribution in [0.2, 0.25) is 0 Å². The van der Waals surface area contributed by atoms with E-state index in [2.05, 4.69) is 0 Å². The van der Waals surface area contributed by atoms with Gasteiger partial charge in [-0.05, 0) is 18.2 Å². The molecule has 1 aromatic carbocycles. The molecule has 0 unspecified atom stereocenters. The van der Waals surface area contributed by atoms with Crippen LogP contribution >= 0.6 is 0 Å². The fourth-order valence-electron chi connectivity index (χ4n) is 1.44. The highest BCUT2D eigenvalue weighted by Gasteiger charge is 2.26. The van der Waals surface area contributed by atoms with Gasteiger partial charge < -0.3 is 15.9 Å². The molecule has 1 rings (SSSR count). The van der Waals surface area contributed by atoms with Crippen molar-refractivity contribution >= 4 is 15.7 Å². The predicted molar refractivity (Wildman–Crippen MR) is 63.7 cm³/mol. The Labute approximate surface area is 105 Å². The topological polar surface area (TPSA) is 104 Å². The van der Waals surface area contributed by atoms with E-state index in [4.69, 9.17) is 15.9 Å². The van der Waals surface area contributed by atoms with Gasteiger partial charge in [-0.25, -0.2) is 12.8 Å². The highest BCUT2D eigenvalue weighted by molar-refractivity contribution is 7.89. The average Bonchev–Trinajstić information content (AvgIpc) is 2.28. The van der Waals surface area contributed by atoms with Crippen molar-refractivity contribution in [1.29, 1.82) is 0 Å². The number of rotatable bonds is 6. The number of sulfonamides is 1. The molecule has 102 valence electrons. The maximum Gasteiger partial charge on any atom is 0.246 e. The maximum atomic E-state index is 13.6. The first-order valence-electron chi connectivity index (χ1n) is 5.20. The quantitative estimate of drug-likeness (QED) is 0.602. The first kappa shape index (κ1) is 14.8. The van der Waals surface area contributed by atoms with Crippen molar-refractivity contribution in [2.24, 2.45) is 0 Å². The summed E-state index contributed by atoms with van der Waals surface area (Å²) in [6.07, 6.45) is 0. The number of aliphatic hydroxyl groups is 2. The second kappa shape index (κ2) is 6.10. The molecular formula is C10H15FN2O4S. The summed E-state index contributed by atoms with van der Waals surface area (Å²) in [5.41, 5.74) is 5.45. The third-order valence-electron chi connectivity index (χ3n) is 2.27. The van der Waals surface area contributed by atoms with Crippen molar-refractivity contribution in [3.63, 3.8) is 0 Å². The van der Waals surface area contributed by atoms with Crippen LogP contribution in [-0.2, 0) is 10.0 Å². The normalized spacial score (nSPS) is 12.0.